The van der Waals surface area contributed by atoms with Gasteiger partial charge < -0.3 is 14.6 Å². The van der Waals surface area contributed by atoms with E-state index in [1.165, 1.54) is 0 Å². The van der Waals surface area contributed by atoms with Crippen molar-refractivity contribution in [2.75, 3.05) is 20.2 Å². The smallest absolute Gasteiger partial charge is 0.234 e. The van der Waals surface area contributed by atoms with Gasteiger partial charge in [0, 0.05) is 13.7 Å². The third kappa shape index (κ3) is 2.42. The van der Waals surface area contributed by atoms with Crippen molar-refractivity contribution in [1.29, 1.82) is 0 Å². The predicted octanol–water partition coefficient (Wildman–Crippen LogP) is 2.20. The van der Waals surface area contributed by atoms with Crippen molar-refractivity contribution >= 4 is 0 Å². The molecule has 2 heterocycles. The second-order valence-electron chi connectivity index (χ2n) is 5.00. The highest BCUT2D eigenvalue weighted by atomic mass is 16.5. The van der Waals surface area contributed by atoms with Gasteiger partial charge in [0.15, 0.2) is 0 Å². The molecule has 1 N–H and O–H groups in total. The van der Waals surface area contributed by atoms with E-state index in [0.29, 0.717) is 5.82 Å². The van der Waals surface area contributed by atoms with Crippen LogP contribution in [0.4, 0.5) is 0 Å². The van der Waals surface area contributed by atoms with E-state index >= 15 is 0 Å². The van der Waals surface area contributed by atoms with E-state index in [1.807, 2.05) is 0 Å². The van der Waals surface area contributed by atoms with E-state index in [1.54, 1.807) is 7.11 Å². The summed E-state index contributed by atoms with van der Waals surface area (Å²) < 4.78 is 10.9. The lowest BCUT2D eigenvalue weighted by Gasteiger charge is -2.33. The van der Waals surface area contributed by atoms with Gasteiger partial charge in [0.2, 0.25) is 11.7 Å². The van der Waals surface area contributed by atoms with Crippen LogP contribution in [0.3, 0.4) is 0 Å². The molecule has 0 amide bonds. The molecule has 2 rings (SSSR count). The number of rotatable bonds is 5. The van der Waals surface area contributed by atoms with Crippen LogP contribution in [0.1, 0.15) is 57.3 Å². The number of piperidine rings is 1. The van der Waals surface area contributed by atoms with E-state index in [0.717, 1.165) is 44.7 Å². The molecule has 2 unspecified atom stereocenters. The highest BCUT2D eigenvalue weighted by Gasteiger charge is 2.38. The largest absolute Gasteiger partial charge is 0.373 e. The Morgan fingerprint density at radius 1 is 1.50 bits per heavy atom. The molecule has 1 aromatic rings. The lowest BCUT2D eigenvalue weighted by atomic mass is 9.78. The molecule has 1 aliphatic heterocycles. The Morgan fingerprint density at radius 2 is 2.33 bits per heavy atom. The molecule has 1 aromatic heterocycles. The second kappa shape index (κ2) is 5.80. The monoisotopic (exact) mass is 253 g/mol. The van der Waals surface area contributed by atoms with Gasteiger partial charge in [0.25, 0.3) is 0 Å². The molecule has 2 atom stereocenters. The minimum Gasteiger partial charge on any atom is -0.373 e. The zero-order valence-electron chi connectivity index (χ0n) is 11.5. The first kappa shape index (κ1) is 13.5. The van der Waals surface area contributed by atoms with E-state index in [2.05, 4.69) is 29.3 Å². The topological polar surface area (TPSA) is 60.2 Å². The lowest BCUT2D eigenvalue weighted by molar-refractivity contribution is 0.0903. The van der Waals surface area contributed by atoms with Crippen LogP contribution in [0, 0.1) is 0 Å². The Kier molecular flexibility index (Phi) is 4.35. The number of hydrogen-bond acceptors (Lipinski definition) is 5. The van der Waals surface area contributed by atoms with Crippen molar-refractivity contribution in [3.8, 4) is 0 Å². The molecule has 0 aliphatic carbocycles. The highest BCUT2D eigenvalue weighted by Crippen LogP contribution is 2.34. The zero-order valence-corrected chi connectivity index (χ0v) is 11.5. The Hall–Kier alpha value is -0.940. The van der Waals surface area contributed by atoms with Crippen molar-refractivity contribution in [1.82, 2.24) is 15.5 Å². The fraction of sp³-hybridized carbons (Fsp3) is 0.846. The molecule has 0 saturated carbocycles. The molecule has 102 valence electrons. The van der Waals surface area contributed by atoms with Gasteiger partial charge >= 0.3 is 0 Å². The fourth-order valence-corrected chi connectivity index (χ4v) is 2.64. The van der Waals surface area contributed by atoms with Crippen molar-refractivity contribution in [3.63, 3.8) is 0 Å². The first-order valence-corrected chi connectivity index (χ1v) is 6.83. The Labute approximate surface area is 108 Å². The summed E-state index contributed by atoms with van der Waals surface area (Å²) in [6, 6.07) is 0. The number of ether oxygens (including phenoxy) is 1. The summed E-state index contributed by atoms with van der Waals surface area (Å²) in [6.07, 6.45) is 4.08. The van der Waals surface area contributed by atoms with Crippen LogP contribution in [0.5, 0.6) is 0 Å². The third-order valence-electron chi connectivity index (χ3n) is 3.99. The molecular weight excluding hydrogens is 230 g/mol. The zero-order chi connectivity index (χ0) is 13.0. The van der Waals surface area contributed by atoms with Gasteiger partial charge in [-0.2, -0.15) is 4.98 Å². The van der Waals surface area contributed by atoms with Gasteiger partial charge in [-0.25, -0.2) is 0 Å². The summed E-state index contributed by atoms with van der Waals surface area (Å²) in [5.41, 5.74) is 0.00946. The van der Waals surface area contributed by atoms with Gasteiger partial charge in [-0.05, 0) is 32.2 Å². The van der Waals surface area contributed by atoms with Gasteiger partial charge in [0.1, 0.15) is 6.10 Å². The summed E-state index contributed by atoms with van der Waals surface area (Å²) in [7, 11) is 1.68. The molecule has 18 heavy (non-hydrogen) atoms. The standard InChI is InChI=1S/C13H23N3O2/c1-4-10(17-3)11-15-12(18-16-11)13(5-2)7-6-8-14-9-13/h10,14H,4-9H2,1-3H3. The lowest BCUT2D eigenvalue weighted by Crippen LogP contribution is -2.43. The van der Waals surface area contributed by atoms with E-state index in [-0.39, 0.29) is 11.5 Å². The quantitative estimate of drug-likeness (QED) is 0.871. The van der Waals surface area contributed by atoms with Crippen LogP contribution in [-0.4, -0.2) is 30.3 Å². The van der Waals surface area contributed by atoms with E-state index in [9.17, 15) is 0 Å². The molecule has 0 radical (unpaired) electrons. The number of nitrogens with one attached hydrogen (secondary N) is 1. The number of aromatic nitrogens is 2. The van der Waals surface area contributed by atoms with Gasteiger partial charge in [0.05, 0.1) is 5.41 Å². The Morgan fingerprint density at radius 3 is 2.89 bits per heavy atom. The summed E-state index contributed by atoms with van der Waals surface area (Å²) in [6.45, 7) is 6.25. The van der Waals surface area contributed by atoms with Crippen LogP contribution in [0.2, 0.25) is 0 Å². The average Bonchev–Trinajstić information content (AvgIpc) is 2.91. The van der Waals surface area contributed by atoms with E-state index in [4.69, 9.17) is 9.26 Å². The van der Waals surface area contributed by atoms with Gasteiger partial charge in [-0.3, -0.25) is 0 Å². The fourth-order valence-electron chi connectivity index (χ4n) is 2.64. The minimum absolute atomic E-state index is 0.00946. The van der Waals surface area contributed by atoms with Crippen LogP contribution >= 0.6 is 0 Å². The summed E-state index contributed by atoms with van der Waals surface area (Å²) in [5, 5.41) is 7.52. The molecule has 5 nitrogen and oxygen atoms in total. The number of methoxy groups -OCH3 is 1. The molecule has 1 fully saturated rings. The van der Waals surface area contributed by atoms with Gasteiger partial charge in [-0.15, -0.1) is 0 Å². The molecule has 5 heteroatoms. The van der Waals surface area contributed by atoms with Crippen molar-refractivity contribution in [2.24, 2.45) is 0 Å². The summed E-state index contributed by atoms with van der Waals surface area (Å²) >= 11 is 0. The number of nitrogens with zero attached hydrogens (tertiary/aromatic N) is 2. The predicted molar refractivity (Wildman–Crippen MR) is 68.4 cm³/mol. The van der Waals surface area contributed by atoms with Crippen LogP contribution in [-0.2, 0) is 10.2 Å². The SMILES string of the molecule is CCC(OC)c1noc(C2(CC)CCCNC2)n1. The van der Waals surface area contributed by atoms with E-state index < -0.39 is 0 Å². The molecular formula is C13H23N3O2. The van der Waals surface area contributed by atoms with Crippen LogP contribution < -0.4 is 5.32 Å². The Bertz CT molecular complexity index is 368. The molecule has 1 saturated heterocycles. The molecule has 0 aromatic carbocycles. The van der Waals surface area contributed by atoms with Crippen molar-refractivity contribution in [2.45, 2.75) is 51.0 Å². The molecule has 0 spiro atoms. The Balaban J connectivity index is 2.21. The molecule has 0 bridgehead atoms. The normalized spacial score (nSPS) is 26.2. The summed E-state index contributed by atoms with van der Waals surface area (Å²) in [5.74, 6) is 1.44. The summed E-state index contributed by atoms with van der Waals surface area (Å²) in [4.78, 5) is 4.58. The maximum Gasteiger partial charge on any atom is 0.234 e. The molecule has 1 aliphatic rings. The maximum absolute atomic E-state index is 5.50. The first-order chi connectivity index (χ1) is 8.75. The van der Waals surface area contributed by atoms with Crippen molar-refractivity contribution < 1.29 is 9.26 Å². The first-order valence-electron chi connectivity index (χ1n) is 6.83. The van der Waals surface area contributed by atoms with Gasteiger partial charge in [-0.1, -0.05) is 19.0 Å². The van der Waals surface area contributed by atoms with Crippen LogP contribution in [0.25, 0.3) is 0 Å². The second-order valence-corrected chi connectivity index (χ2v) is 5.00. The van der Waals surface area contributed by atoms with Crippen LogP contribution in [0.15, 0.2) is 4.52 Å². The number of hydrogen-bond donors (Lipinski definition) is 1. The third-order valence-corrected chi connectivity index (χ3v) is 3.99. The van der Waals surface area contributed by atoms with Crippen molar-refractivity contribution in [3.05, 3.63) is 11.7 Å². The highest BCUT2D eigenvalue weighted by molar-refractivity contribution is 5.08. The maximum atomic E-state index is 5.50. The minimum atomic E-state index is -0.0621. The average molecular weight is 253 g/mol.